The lowest BCUT2D eigenvalue weighted by Gasteiger charge is -2.41. The first-order valence-corrected chi connectivity index (χ1v) is 18.9. The Labute approximate surface area is 326 Å². The van der Waals surface area contributed by atoms with Crippen molar-refractivity contribution in [1.82, 2.24) is 15.0 Å². The maximum atomic E-state index is 6.56. The van der Waals surface area contributed by atoms with Crippen molar-refractivity contribution in [1.29, 1.82) is 0 Å². The number of nitrogens with zero attached hydrogens (tertiary/aromatic N) is 3. The van der Waals surface area contributed by atoms with Gasteiger partial charge in [-0.15, -0.1) is 0 Å². The first-order valence-electron chi connectivity index (χ1n) is 18.9. The fourth-order valence-corrected chi connectivity index (χ4v) is 8.01. The molecule has 1 aromatic heterocycles. The van der Waals surface area contributed by atoms with Crippen LogP contribution in [0.5, 0.6) is 11.5 Å². The highest BCUT2D eigenvalue weighted by atomic mass is 16.5. The number of hydrogen-bond acceptors (Lipinski definition) is 4. The number of aromatic nitrogens is 3. The second-order valence-electron chi connectivity index (χ2n) is 14.0. The van der Waals surface area contributed by atoms with Gasteiger partial charge in [0.05, 0.1) is 5.41 Å². The van der Waals surface area contributed by atoms with Crippen molar-refractivity contribution < 1.29 is 4.74 Å². The van der Waals surface area contributed by atoms with Crippen LogP contribution in [0.3, 0.4) is 0 Å². The summed E-state index contributed by atoms with van der Waals surface area (Å²) in [6.45, 7) is 0. The van der Waals surface area contributed by atoms with Gasteiger partial charge in [-0.2, -0.15) is 0 Å². The van der Waals surface area contributed by atoms with Gasteiger partial charge in [-0.3, -0.25) is 0 Å². The van der Waals surface area contributed by atoms with Crippen LogP contribution in [-0.4, -0.2) is 15.0 Å². The molecule has 0 spiro atoms. The minimum absolute atomic E-state index is 0.600. The summed E-state index contributed by atoms with van der Waals surface area (Å²) in [7, 11) is 0. The van der Waals surface area contributed by atoms with Crippen molar-refractivity contribution >= 4 is 0 Å². The lowest BCUT2D eigenvalue weighted by Crippen LogP contribution is -2.34. The Bertz CT molecular complexity index is 2660. The minimum Gasteiger partial charge on any atom is -0.457 e. The molecule has 0 radical (unpaired) electrons. The minimum atomic E-state index is -0.665. The SMILES string of the molecule is c1ccc(-c2ccc(-c3nc(-c4ccc(-c5ccccc5)cc4)nc(-c4cccc(C5(c6ccccc6)c6ccccc6Oc6ccccc65)c4)n3)cc2)cc1. The highest BCUT2D eigenvalue weighted by Gasteiger charge is 2.45. The molecule has 4 heteroatoms. The zero-order valence-corrected chi connectivity index (χ0v) is 30.5. The molecular formula is C52H35N3O. The molecule has 2 heterocycles. The van der Waals surface area contributed by atoms with E-state index in [0.717, 1.165) is 72.7 Å². The van der Waals surface area contributed by atoms with E-state index < -0.39 is 5.41 Å². The van der Waals surface area contributed by atoms with Crippen LogP contribution in [0.1, 0.15) is 22.3 Å². The Balaban J connectivity index is 1.15. The van der Waals surface area contributed by atoms with Gasteiger partial charge in [-0.05, 0) is 51.6 Å². The van der Waals surface area contributed by atoms with Crippen LogP contribution in [0, 0.1) is 0 Å². The van der Waals surface area contributed by atoms with Gasteiger partial charge >= 0.3 is 0 Å². The van der Waals surface area contributed by atoms with Crippen LogP contribution in [0.15, 0.2) is 212 Å². The molecule has 0 unspecified atom stereocenters. The molecule has 0 bridgehead atoms. The molecule has 1 aliphatic heterocycles. The number of fused-ring (bicyclic) bond motifs is 2. The Morgan fingerprint density at radius 3 is 1.14 bits per heavy atom. The normalized spacial score (nSPS) is 12.6. The van der Waals surface area contributed by atoms with Gasteiger partial charge in [0.25, 0.3) is 0 Å². The van der Waals surface area contributed by atoms with Crippen LogP contribution in [-0.2, 0) is 5.41 Å². The van der Waals surface area contributed by atoms with Gasteiger partial charge in [0.2, 0.25) is 0 Å². The fourth-order valence-electron chi connectivity index (χ4n) is 8.01. The standard InChI is InChI=1S/C52H35N3O/c1-4-15-36(16-5-1)38-27-31-40(32-28-38)49-53-50(41-33-29-39(30-34-41)37-17-6-2-7-18-37)55-51(54-49)42-19-14-22-44(35-42)52(43-20-8-3-9-21-43)45-23-10-12-25-47(45)56-48-26-13-11-24-46(48)52/h1-35H. The van der Waals surface area contributed by atoms with Crippen molar-refractivity contribution in [3.05, 3.63) is 235 Å². The Morgan fingerprint density at radius 2 is 0.643 bits per heavy atom. The molecule has 0 amide bonds. The van der Waals surface area contributed by atoms with Crippen molar-refractivity contribution in [2.45, 2.75) is 5.41 Å². The second-order valence-corrected chi connectivity index (χ2v) is 14.0. The molecule has 56 heavy (non-hydrogen) atoms. The molecule has 8 aromatic carbocycles. The first-order chi connectivity index (χ1) is 27.7. The Morgan fingerprint density at radius 1 is 0.286 bits per heavy atom. The highest BCUT2D eigenvalue weighted by molar-refractivity contribution is 5.74. The third kappa shape index (κ3) is 5.85. The quantitative estimate of drug-likeness (QED) is 0.165. The fraction of sp³-hybridized carbons (Fsp3) is 0.0192. The summed E-state index contributed by atoms with van der Waals surface area (Å²) in [6, 6.07) is 73.8. The average molecular weight is 718 g/mol. The molecular weight excluding hydrogens is 683 g/mol. The summed E-state index contributed by atoms with van der Waals surface area (Å²) in [5, 5.41) is 0. The Hall–Kier alpha value is -7.43. The summed E-state index contributed by atoms with van der Waals surface area (Å²) in [5.41, 5.74) is 11.1. The number of para-hydroxylation sites is 2. The molecule has 0 N–H and O–H groups in total. The molecule has 0 atom stereocenters. The van der Waals surface area contributed by atoms with Crippen LogP contribution >= 0.6 is 0 Å². The predicted octanol–water partition coefficient (Wildman–Crippen LogP) is 12.7. The van der Waals surface area contributed by atoms with Gasteiger partial charge in [0.1, 0.15) is 11.5 Å². The van der Waals surface area contributed by atoms with E-state index in [4.69, 9.17) is 19.7 Å². The number of benzene rings is 8. The third-order valence-electron chi connectivity index (χ3n) is 10.7. The van der Waals surface area contributed by atoms with Crippen molar-refractivity contribution in [2.75, 3.05) is 0 Å². The molecule has 0 aliphatic carbocycles. The second kappa shape index (κ2) is 14.1. The third-order valence-corrected chi connectivity index (χ3v) is 10.7. The van der Waals surface area contributed by atoms with Crippen LogP contribution < -0.4 is 4.74 Å². The lowest BCUT2D eigenvalue weighted by molar-refractivity contribution is 0.434. The number of ether oxygens (including phenoxy) is 1. The molecule has 9 aromatic rings. The van der Waals surface area contributed by atoms with E-state index in [1.807, 2.05) is 24.3 Å². The largest absolute Gasteiger partial charge is 0.457 e. The van der Waals surface area contributed by atoms with Gasteiger partial charge in [0.15, 0.2) is 17.5 Å². The summed E-state index contributed by atoms with van der Waals surface area (Å²) >= 11 is 0. The van der Waals surface area contributed by atoms with E-state index in [0.29, 0.717) is 17.5 Å². The van der Waals surface area contributed by atoms with E-state index in [1.165, 1.54) is 0 Å². The molecule has 0 saturated heterocycles. The molecule has 0 fully saturated rings. The van der Waals surface area contributed by atoms with E-state index in [2.05, 4.69) is 188 Å². The van der Waals surface area contributed by atoms with Gasteiger partial charge in [0, 0.05) is 27.8 Å². The average Bonchev–Trinajstić information content (AvgIpc) is 3.29. The van der Waals surface area contributed by atoms with Gasteiger partial charge < -0.3 is 4.74 Å². The van der Waals surface area contributed by atoms with Crippen molar-refractivity contribution in [2.24, 2.45) is 0 Å². The van der Waals surface area contributed by atoms with Crippen LogP contribution in [0.4, 0.5) is 0 Å². The van der Waals surface area contributed by atoms with Crippen molar-refractivity contribution in [3.8, 4) is 67.9 Å². The highest BCUT2D eigenvalue weighted by Crippen LogP contribution is 2.55. The molecule has 264 valence electrons. The van der Waals surface area contributed by atoms with Gasteiger partial charge in [-0.25, -0.2) is 15.0 Å². The molecule has 4 nitrogen and oxygen atoms in total. The Kier molecular flexibility index (Phi) is 8.34. The van der Waals surface area contributed by atoms with Gasteiger partial charge in [-0.1, -0.05) is 194 Å². The summed E-state index contributed by atoms with van der Waals surface area (Å²) < 4.78 is 6.56. The number of hydrogen-bond donors (Lipinski definition) is 0. The summed E-state index contributed by atoms with van der Waals surface area (Å²) in [5.74, 6) is 3.50. The van der Waals surface area contributed by atoms with E-state index in [1.54, 1.807) is 0 Å². The maximum absolute atomic E-state index is 6.56. The predicted molar refractivity (Wildman–Crippen MR) is 225 cm³/mol. The first kappa shape index (κ1) is 33.2. The summed E-state index contributed by atoms with van der Waals surface area (Å²) in [6.07, 6.45) is 0. The zero-order valence-electron chi connectivity index (χ0n) is 30.5. The molecule has 10 rings (SSSR count). The lowest BCUT2D eigenvalue weighted by atomic mass is 9.63. The van der Waals surface area contributed by atoms with E-state index in [-0.39, 0.29) is 0 Å². The molecule has 0 saturated carbocycles. The van der Waals surface area contributed by atoms with Crippen LogP contribution in [0.2, 0.25) is 0 Å². The zero-order chi connectivity index (χ0) is 37.3. The maximum Gasteiger partial charge on any atom is 0.164 e. The molecule has 1 aliphatic rings. The van der Waals surface area contributed by atoms with Crippen molar-refractivity contribution in [3.63, 3.8) is 0 Å². The number of rotatable bonds is 7. The monoisotopic (exact) mass is 717 g/mol. The summed E-state index contributed by atoms with van der Waals surface area (Å²) in [4.78, 5) is 15.5. The smallest absolute Gasteiger partial charge is 0.164 e. The van der Waals surface area contributed by atoms with E-state index >= 15 is 0 Å². The van der Waals surface area contributed by atoms with E-state index in [9.17, 15) is 0 Å². The topological polar surface area (TPSA) is 47.9 Å². The van der Waals surface area contributed by atoms with Crippen LogP contribution in [0.25, 0.3) is 56.4 Å².